The maximum absolute atomic E-state index is 13.1. The van der Waals surface area contributed by atoms with Crippen LogP contribution in [0.1, 0.15) is 62.7 Å². The first kappa shape index (κ1) is 17.0. The van der Waals surface area contributed by atoms with Crippen LogP contribution < -0.4 is 0 Å². The first-order valence-electron chi connectivity index (χ1n) is 6.91. The SMILES string of the molecule is CCCCCCCC(O)c1cc(F)ccc1C(F)(F)F. The van der Waals surface area contributed by atoms with Crippen LogP contribution >= 0.6 is 0 Å². The lowest BCUT2D eigenvalue weighted by Gasteiger charge is -2.17. The van der Waals surface area contributed by atoms with Gasteiger partial charge in [-0.15, -0.1) is 0 Å². The Bertz CT molecular complexity index is 415. The van der Waals surface area contributed by atoms with Gasteiger partial charge in [0.25, 0.3) is 0 Å². The van der Waals surface area contributed by atoms with E-state index in [0.717, 1.165) is 37.8 Å². The highest BCUT2D eigenvalue weighted by molar-refractivity contribution is 5.32. The Labute approximate surface area is 116 Å². The number of aliphatic hydroxyl groups is 1. The molecular weight excluding hydrogens is 272 g/mol. The Morgan fingerprint density at radius 2 is 1.75 bits per heavy atom. The lowest BCUT2D eigenvalue weighted by Crippen LogP contribution is -2.12. The van der Waals surface area contributed by atoms with E-state index in [0.29, 0.717) is 12.5 Å². The van der Waals surface area contributed by atoms with E-state index in [2.05, 4.69) is 6.92 Å². The van der Waals surface area contributed by atoms with Gasteiger partial charge >= 0.3 is 6.18 Å². The quantitative estimate of drug-likeness (QED) is 0.538. The summed E-state index contributed by atoms with van der Waals surface area (Å²) in [5, 5.41) is 9.88. The molecule has 0 bridgehead atoms. The molecule has 0 aliphatic heterocycles. The molecule has 0 amide bonds. The molecule has 5 heteroatoms. The van der Waals surface area contributed by atoms with Crippen molar-refractivity contribution in [2.45, 2.75) is 57.7 Å². The van der Waals surface area contributed by atoms with E-state index in [4.69, 9.17) is 0 Å². The largest absolute Gasteiger partial charge is 0.416 e. The van der Waals surface area contributed by atoms with Gasteiger partial charge in [0.2, 0.25) is 0 Å². The molecule has 0 aromatic heterocycles. The molecule has 0 heterocycles. The smallest absolute Gasteiger partial charge is 0.388 e. The van der Waals surface area contributed by atoms with Crippen LogP contribution in [0.25, 0.3) is 0 Å². The van der Waals surface area contributed by atoms with Crippen LogP contribution in [0, 0.1) is 5.82 Å². The van der Waals surface area contributed by atoms with Gasteiger partial charge in [-0.2, -0.15) is 13.2 Å². The zero-order valence-corrected chi connectivity index (χ0v) is 11.5. The zero-order valence-electron chi connectivity index (χ0n) is 11.5. The fourth-order valence-corrected chi connectivity index (χ4v) is 2.16. The van der Waals surface area contributed by atoms with Crippen LogP contribution in [-0.2, 0) is 6.18 Å². The second kappa shape index (κ2) is 7.62. The van der Waals surface area contributed by atoms with Crippen molar-refractivity contribution in [3.05, 3.63) is 35.1 Å². The van der Waals surface area contributed by atoms with E-state index >= 15 is 0 Å². The average Bonchev–Trinajstić information content (AvgIpc) is 2.36. The van der Waals surface area contributed by atoms with Crippen molar-refractivity contribution in [2.75, 3.05) is 0 Å². The number of rotatable bonds is 7. The molecule has 0 fully saturated rings. The zero-order chi connectivity index (χ0) is 15.2. The van der Waals surface area contributed by atoms with Crippen molar-refractivity contribution < 1.29 is 22.7 Å². The van der Waals surface area contributed by atoms with Gasteiger partial charge in [0.1, 0.15) is 5.82 Å². The second-order valence-corrected chi connectivity index (χ2v) is 4.95. The summed E-state index contributed by atoms with van der Waals surface area (Å²) in [4.78, 5) is 0. The number of hydrogen-bond donors (Lipinski definition) is 1. The minimum atomic E-state index is -4.58. The van der Waals surface area contributed by atoms with E-state index in [1.54, 1.807) is 0 Å². The maximum Gasteiger partial charge on any atom is 0.416 e. The summed E-state index contributed by atoms with van der Waals surface area (Å²) in [6, 6.07) is 2.23. The van der Waals surface area contributed by atoms with Crippen molar-refractivity contribution in [3.63, 3.8) is 0 Å². The van der Waals surface area contributed by atoms with Crippen LogP contribution in [0.15, 0.2) is 18.2 Å². The molecule has 0 saturated carbocycles. The molecule has 1 rings (SSSR count). The minimum absolute atomic E-state index is 0.218. The third-order valence-corrected chi connectivity index (χ3v) is 3.26. The van der Waals surface area contributed by atoms with Gasteiger partial charge in [-0.25, -0.2) is 4.39 Å². The molecule has 114 valence electrons. The molecule has 1 nitrogen and oxygen atoms in total. The normalized spacial score (nSPS) is 13.5. The summed E-state index contributed by atoms with van der Waals surface area (Å²) in [7, 11) is 0. The Morgan fingerprint density at radius 1 is 1.10 bits per heavy atom. The Morgan fingerprint density at radius 3 is 2.35 bits per heavy atom. The summed E-state index contributed by atoms with van der Waals surface area (Å²) in [6.07, 6.45) is -0.990. The number of aliphatic hydroxyl groups excluding tert-OH is 1. The number of hydrogen-bond acceptors (Lipinski definition) is 1. The lowest BCUT2D eigenvalue weighted by molar-refractivity contribution is -0.139. The predicted molar refractivity (Wildman–Crippen MR) is 69.7 cm³/mol. The standard InChI is InChI=1S/C15H20F4O/c1-2-3-4-5-6-7-14(20)12-10-11(16)8-9-13(12)15(17,18)19/h8-10,14,20H,2-7H2,1H3. The predicted octanol–water partition coefficient (Wildman–Crippen LogP) is 5.24. The third kappa shape index (κ3) is 5.12. The van der Waals surface area contributed by atoms with Crippen LogP contribution in [-0.4, -0.2) is 5.11 Å². The first-order valence-corrected chi connectivity index (χ1v) is 6.91. The molecule has 0 spiro atoms. The van der Waals surface area contributed by atoms with Gasteiger partial charge in [-0.3, -0.25) is 0 Å². The first-order chi connectivity index (χ1) is 9.36. The topological polar surface area (TPSA) is 20.2 Å². The summed E-state index contributed by atoms with van der Waals surface area (Å²) in [5.74, 6) is -0.766. The molecule has 1 aromatic rings. The summed E-state index contributed by atoms with van der Waals surface area (Å²) in [6.45, 7) is 2.07. The van der Waals surface area contributed by atoms with Crippen molar-refractivity contribution in [1.29, 1.82) is 0 Å². The third-order valence-electron chi connectivity index (χ3n) is 3.26. The van der Waals surface area contributed by atoms with Crippen molar-refractivity contribution in [1.82, 2.24) is 0 Å². The Kier molecular flexibility index (Phi) is 6.46. The average molecular weight is 292 g/mol. The maximum atomic E-state index is 13.1. The van der Waals surface area contributed by atoms with E-state index in [-0.39, 0.29) is 12.0 Å². The number of halogens is 4. The molecule has 0 aliphatic rings. The number of alkyl halides is 3. The molecule has 1 N–H and O–H groups in total. The van der Waals surface area contributed by atoms with E-state index in [9.17, 15) is 22.7 Å². The molecule has 0 aliphatic carbocycles. The van der Waals surface area contributed by atoms with Crippen LogP contribution in [0.5, 0.6) is 0 Å². The molecule has 0 saturated heterocycles. The number of unbranched alkanes of at least 4 members (excludes halogenated alkanes) is 4. The van der Waals surface area contributed by atoms with Crippen molar-refractivity contribution >= 4 is 0 Å². The molecule has 1 atom stereocenters. The van der Waals surface area contributed by atoms with Crippen LogP contribution in [0.4, 0.5) is 17.6 Å². The summed E-state index contributed by atoms with van der Waals surface area (Å²) >= 11 is 0. The molecular formula is C15H20F4O. The fraction of sp³-hybridized carbons (Fsp3) is 0.600. The fourth-order valence-electron chi connectivity index (χ4n) is 2.16. The van der Waals surface area contributed by atoms with E-state index < -0.39 is 23.7 Å². The summed E-state index contributed by atoms with van der Waals surface area (Å²) in [5.41, 5.74) is -1.33. The van der Waals surface area contributed by atoms with Gasteiger partial charge < -0.3 is 5.11 Å². The van der Waals surface area contributed by atoms with Gasteiger partial charge in [0.05, 0.1) is 11.7 Å². The highest BCUT2D eigenvalue weighted by atomic mass is 19.4. The molecule has 1 aromatic carbocycles. The van der Waals surface area contributed by atoms with E-state index in [1.165, 1.54) is 0 Å². The minimum Gasteiger partial charge on any atom is -0.388 e. The highest BCUT2D eigenvalue weighted by Gasteiger charge is 2.35. The monoisotopic (exact) mass is 292 g/mol. The number of benzene rings is 1. The molecule has 1 unspecified atom stereocenters. The Hall–Kier alpha value is -1.10. The Balaban J connectivity index is 2.71. The molecule has 20 heavy (non-hydrogen) atoms. The van der Waals surface area contributed by atoms with Gasteiger partial charge in [-0.1, -0.05) is 39.0 Å². The summed E-state index contributed by atoms with van der Waals surface area (Å²) < 4.78 is 51.5. The highest BCUT2D eigenvalue weighted by Crippen LogP contribution is 2.36. The van der Waals surface area contributed by atoms with Gasteiger partial charge in [0.15, 0.2) is 0 Å². The van der Waals surface area contributed by atoms with Gasteiger partial charge in [0, 0.05) is 0 Å². The van der Waals surface area contributed by atoms with Crippen LogP contribution in [0.2, 0.25) is 0 Å². The molecule has 0 radical (unpaired) electrons. The van der Waals surface area contributed by atoms with Crippen molar-refractivity contribution in [3.8, 4) is 0 Å². The van der Waals surface area contributed by atoms with E-state index in [1.807, 2.05) is 0 Å². The van der Waals surface area contributed by atoms with Crippen LogP contribution in [0.3, 0.4) is 0 Å². The second-order valence-electron chi connectivity index (χ2n) is 4.95. The lowest BCUT2D eigenvalue weighted by atomic mass is 9.97. The van der Waals surface area contributed by atoms with Gasteiger partial charge in [-0.05, 0) is 30.2 Å². The van der Waals surface area contributed by atoms with Crippen molar-refractivity contribution in [2.24, 2.45) is 0 Å².